The molecule has 0 aliphatic carbocycles. The molecule has 1 nitrogen and oxygen atoms in total. The summed E-state index contributed by atoms with van der Waals surface area (Å²) in [5, 5.41) is 7.96. The summed E-state index contributed by atoms with van der Waals surface area (Å²) in [6.45, 7) is 0. The number of hydrogen-bond acceptors (Lipinski definition) is 0. The van der Waals surface area contributed by atoms with Gasteiger partial charge in [0.2, 0.25) is 0 Å². The van der Waals surface area contributed by atoms with E-state index in [4.69, 9.17) is 0 Å². The van der Waals surface area contributed by atoms with E-state index >= 15 is 0 Å². The SMILES string of the molecule is Cn1c2ccc(-c3ccccc3)cc2c2c3ccccc3c3ccccc3c21. The first-order chi connectivity index (χ1) is 13.8. The van der Waals surface area contributed by atoms with Crippen molar-refractivity contribution in [2.24, 2.45) is 7.05 Å². The molecule has 132 valence electrons. The molecule has 6 rings (SSSR count). The van der Waals surface area contributed by atoms with Crippen molar-refractivity contribution in [3.63, 3.8) is 0 Å². The number of rotatable bonds is 1. The van der Waals surface area contributed by atoms with Crippen molar-refractivity contribution in [3.8, 4) is 11.1 Å². The van der Waals surface area contributed by atoms with E-state index < -0.39 is 0 Å². The second-order valence-corrected chi connectivity index (χ2v) is 7.47. The molecule has 0 atom stereocenters. The number of nitrogens with zero attached hydrogens (tertiary/aromatic N) is 1. The monoisotopic (exact) mass is 357 g/mol. The molecule has 0 unspecified atom stereocenters. The van der Waals surface area contributed by atoms with Gasteiger partial charge in [-0.25, -0.2) is 0 Å². The molecule has 0 bridgehead atoms. The molecule has 0 radical (unpaired) electrons. The zero-order valence-electron chi connectivity index (χ0n) is 15.7. The molecule has 0 aliphatic heterocycles. The zero-order valence-corrected chi connectivity index (χ0v) is 15.7. The molecule has 0 saturated heterocycles. The van der Waals surface area contributed by atoms with Crippen molar-refractivity contribution in [2.45, 2.75) is 0 Å². The second kappa shape index (κ2) is 5.71. The van der Waals surface area contributed by atoms with E-state index in [1.54, 1.807) is 0 Å². The summed E-state index contributed by atoms with van der Waals surface area (Å²) in [6.07, 6.45) is 0. The fourth-order valence-corrected chi connectivity index (χ4v) is 4.70. The number of fused-ring (bicyclic) bond motifs is 8. The van der Waals surface area contributed by atoms with Gasteiger partial charge < -0.3 is 4.57 Å². The molecule has 1 heteroatoms. The van der Waals surface area contributed by atoms with E-state index in [2.05, 4.69) is 109 Å². The van der Waals surface area contributed by atoms with E-state index in [0.29, 0.717) is 0 Å². The molecule has 0 amide bonds. The van der Waals surface area contributed by atoms with Gasteiger partial charge in [0.15, 0.2) is 0 Å². The second-order valence-electron chi connectivity index (χ2n) is 7.47. The fraction of sp³-hybridized carbons (Fsp3) is 0.0370. The van der Waals surface area contributed by atoms with Crippen molar-refractivity contribution < 1.29 is 0 Å². The Balaban J connectivity index is 1.87. The molecule has 1 aromatic heterocycles. The van der Waals surface area contributed by atoms with Gasteiger partial charge in [0.1, 0.15) is 0 Å². The Morgan fingerprint density at radius 1 is 0.500 bits per heavy atom. The van der Waals surface area contributed by atoms with E-state index in [9.17, 15) is 0 Å². The van der Waals surface area contributed by atoms with Crippen LogP contribution in [0.2, 0.25) is 0 Å². The van der Waals surface area contributed by atoms with E-state index in [-0.39, 0.29) is 0 Å². The quantitative estimate of drug-likeness (QED) is 0.272. The van der Waals surface area contributed by atoms with Gasteiger partial charge in [0.25, 0.3) is 0 Å². The van der Waals surface area contributed by atoms with Crippen molar-refractivity contribution in [1.29, 1.82) is 0 Å². The maximum atomic E-state index is 2.36. The highest BCUT2D eigenvalue weighted by molar-refractivity contribution is 6.31. The van der Waals surface area contributed by atoms with Crippen LogP contribution in [-0.4, -0.2) is 4.57 Å². The van der Waals surface area contributed by atoms with Crippen LogP contribution in [0.4, 0.5) is 0 Å². The van der Waals surface area contributed by atoms with Gasteiger partial charge in [-0.05, 0) is 39.4 Å². The van der Waals surface area contributed by atoms with Crippen LogP contribution >= 0.6 is 0 Å². The van der Waals surface area contributed by atoms with Crippen LogP contribution in [-0.2, 0) is 7.05 Å². The highest BCUT2D eigenvalue weighted by Gasteiger charge is 2.16. The average molecular weight is 357 g/mol. The first-order valence-electron chi connectivity index (χ1n) is 9.70. The Morgan fingerprint density at radius 2 is 1.11 bits per heavy atom. The third-order valence-electron chi connectivity index (χ3n) is 5.98. The van der Waals surface area contributed by atoms with Crippen LogP contribution in [0.15, 0.2) is 97.1 Å². The van der Waals surface area contributed by atoms with Gasteiger partial charge >= 0.3 is 0 Å². The van der Waals surface area contributed by atoms with Gasteiger partial charge in [0.05, 0.1) is 5.52 Å². The van der Waals surface area contributed by atoms with Crippen LogP contribution in [0.1, 0.15) is 0 Å². The van der Waals surface area contributed by atoms with E-state index in [1.807, 2.05) is 0 Å². The molecule has 0 spiro atoms. The van der Waals surface area contributed by atoms with Crippen molar-refractivity contribution in [1.82, 2.24) is 4.57 Å². The Bertz CT molecular complexity index is 1500. The largest absolute Gasteiger partial charge is 0.343 e. The molecule has 0 aliphatic rings. The third-order valence-corrected chi connectivity index (χ3v) is 5.98. The number of hydrogen-bond donors (Lipinski definition) is 0. The van der Waals surface area contributed by atoms with Crippen LogP contribution in [0.5, 0.6) is 0 Å². The summed E-state index contributed by atoms with van der Waals surface area (Å²) < 4.78 is 2.36. The summed E-state index contributed by atoms with van der Waals surface area (Å²) in [5.41, 5.74) is 5.11. The predicted molar refractivity (Wildman–Crippen MR) is 121 cm³/mol. The van der Waals surface area contributed by atoms with Crippen LogP contribution in [0.3, 0.4) is 0 Å². The van der Waals surface area contributed by atoms with Gasteiger partial charge in [-0.15, -0.1) is 0 Å². The molecule has 5 aromatic carbocycles. The first kappa shape index (κ1) is 15.5. The maximum Gasteiger partial charge on any atom is 0.0574 e. The average Bonchev–Trinajstić information content (AvgIpc) is 3.07. The highest BCUT2D eigenvalue weighted by Crippen LogP contribution is 2.41. The Hall–Kier alpha value is -3.58. The van der Waals surface area contributed by atoms with E-state index in [1.165, 1.54) is 54.5 Å². The third kappa shape index (κ3) is 2.02. The lowest BCUT2D eigenvalue weighted by atomic mass is 9.96. The molecule has 1 heterocycles. The Labute approximate surface area is 163 Å². The van der Waals surface area contributed by atoms with Crippen LogP contribution in [0.25, 0.3) is 54.5 Å². The molecule has 0 fully saturated rings. The van der Waals surface area contributed by atoms with Crippen molar-refractivity contribution in [2.75, 3.05) is 0 Å². The molecule has 28 heavy (non-hydrogen) atoms. The Kier molecular flexibility index (Phi) is 3.15. The number of aryl methyl sites for hydroxylation is 1. The number of benzene rings is 5. The number of aromatic nitrogens is 1. The lowest BCUT2D eigenvalue weighted by molar-refractivity contribution is 1.02. The van der Waals surface area contributed by atoms with Gasteiger partial charge in [0, 0.05) is 28.7 Å². The minimum atomic E-state index is 1.26. The summed E-state index contributed by atoms with van der Waals surface area (Å²) in [5.74, 6) is 0. The lowest BCUT2D eigenvalue weighted by Gasteiger charge is -2.08. The minimum Gasteiger partial charge on any atom is -0.343 e. The van der Waals surface area contributed by atoms with Crippen molar-refractivity contribution >= 4 is 43.4 Å². The Morgan fingerprint density at radius 3 is 1.86 bits per heavy atom. The van der Waals surface area contributed by atoms with Crippen molar-refractivity contribution in [3.05, 3.63) is 97.1 Å². The van der Waals surface area contributed by atoms with E-state index in [0.717, 1.165) is 0 Å². The normalized spacial score (nSPS) is 11.8. The molecular weight excluding hydrogens is 338 g/mol. The summed E-state index contributed by atoms with van der Waals surface area (Å²) in [7, 11) is 2.19. The summed E-state index contributed by atoms with van der Waals surface area (Å²) in [4.78, 5) is 0. The van der Waals surface area contributed by atoms with Gasteiger partial charge in [-0.2, -0.15) is 0 Å². The molecule has 0 saturated carbocycles. The summed E-state index contributed by atoms with van der Waals surface area (Å²) in [6, 6.07) is 35.1. The molecule has 0 N–H and O–H groups in total. The zero-order chi connectivity index (χ0) is 18.7. The summed E-state index contributed by atoms with van der Waals surface area (Å²) >= 11 is 0. The topological polar surface area (TPSA) is 4.93 Å². The van der Waals surface area contributed by atoms with Gasteiger partial charge in [-0.1, -0.05) is 84.9 Å². The first-order valence-corrected chi connectivity index (χ1v) is 9.70. The molecular formula is C27H19N. The minimum absolute atomic E-state index is 1.26. The highest BCUT2D eigenvalue weighted by atomic mass is 14.9. The van der Waals surface area contributed by atoms with Crippen LogP contribution in [0, 0.1) is 0 Å². The molecule has 6 aromatic rings. The van der Waals surface area contributed by atoms with Crippen LogP contribution < -0.4 is 0 Å². The lowest BCUT2D eigenvalue weighted by Crippen LogP contribution is -1.89. The standard InChI is InChI=1S/C27H19N/c1-28-25-16-15-19(18-9-3-2-4-10-18)17-24(25)26-22-13-7-5-11-20(22)21-12-6-8-14-23(21)27(26)28/h2-17H,1H3. The fourth-order valence-electron chi connectivity index (χ4n) is 4.70. The smallest absolute Gasteiger partial charge is 0.0574 e. The van der Waals surface area contributed by atoms with Gasteiger partial charge in [-0.3, -0.25) is 0 Å². The predicted octanol–water partition coefficient (Wildman–Crippen LogP) is 7.30. The maximum absolute atomic E-state index is 2.36.